The Bertz CT molecular complexity index is 350. The zero-order valence-electron chi connectivity index (χ0n) is 7.40. The molecule has 0 unspecified atom stereocenters. The summed E-state index contributed by atoms with van der Waals surface area (Å²) in [4.78, 5) is 0. The molecule has 0 bridgehead atoms. The number of benzene rings is 1. The Hall–Kier alpha value is 0.270. The zero-order valence-corrected chi connectivity index (χ0v) is 11.3. The lowest BCUT2D eigenvalue weighted by Gasteiger charge is -2.16. The molecule has 0 radical (unpaired) electrons. The molecule has 1 aliphatic rings. The van der Waals surface area contributed by atoms with E-state index in [-0.39, 0.29) is 5.60 Å². The molecule has 1 fully saturated rings. The Kier molecular flexibility index (Phi) is 3.10. The van der Waals surface area contributed by atoms with Crippen molar-refractivity contribution in [3.8, 4) is 5.75 Å². The summed E-state index contributed by atoms with van der Waals surface area (Å²) in [6, 6.07) is 5.59. The number of rotatable bonds is 3. The summed E-state index contributed by atoms with van der Waals surface area (Å²) in [6.45, 7) is 0. The SMILES string of the molecule is Clc1ccc(OC2(CBr)CC2)c(Br)c1. The van der Waals surface area contributed by atoms with E-state index in [4.69, 9.17) is 16.3 Å². The third-order valence-electron chi connectivity index (χ3n) is 2.27. The van der Waals surface area contributed by atoms with Crippen LogP contribution in [0.5, 0.6) is 5.75 Å². The van der Waals surface area contributed by atoms with Crippen LogP contribution in [0.3, 0.4) is 0 Å². The van der Waals surface area contributed by atoms with Gasteiger partial charge in [0.15, 0.2) is 0 Å². The van der Waals surface area contributed by atoms with Gasteiger partial charge in [0.25, 0.3) is 0 Å². The lowest BCUT2D eigenvalue weighted by Crippen LogP contribution is -2.19. The van der Waals surface area contributed by atoms with Crippen molar-refractivity contribution in [2.75, 3.05) is 5.33 Å². The molecule has 1 aliphatic carbocycles. The summed E-state index contributed by atoms with van der Waals surface area (Å²) >= 11 is 12.7. The molecule has 0 atom stereocenters. The highest BCUT2D eigenvalue weighted by molar-refractivity contribution is 9.10. The van der Waals surface area contributed by atoms with Crippen molar-refractivity contribution in [2.24, 2.45) is 0 Å². The third kappa shape index (κ3) is 2.26. The largest absolute Gasteiger partial charge is 0.485 e. The second-order valence-electron chi connectivity index (χ2n) is 3.49. The van der Waals surface area contributed by atoms with E-state index in [1.807, 2.05) is 18.2 Å². The molecule has 0 aliphatic heterocycles. The minimum Gasteiger partial charge on any atom is -0.485 e. The number of ether oxygens (including phenoxy) is 1. The molecule has 0 spiro atoms. The Labute approximate surface area is 105 Å². The molecule has 0 N–H and O–H groups in total. The first-order valence-electron chi connectivity index (χ1n) is 4.35. The highest BCUT2D eigenvalue weighted by atomic mass is 79.9. The van der Waals surface area contributed by atoms with Crippen molar-refractivity contribution in [1.82, 2.24) is 0 Å². The van der Waals surface area contributed by atoms with E-state index in [2.05, 4.69) is 31.9 Å². The highest BCUT2D eigenvalue weighted by Crippen LogP contribution is 2.43. The van der Waals surface area contributed by atoms with E-state index in [9.17, 15) is 0 Å². The summed E-state index contributed by atoms with van der Waals surface area (Å²) in [5.41, 5.74) is 0.0242. The first-order valence-corrected chi connectivity index (χ1v) is 6.64. The standard InChI is InChI=1S/C10H9Br2ClO/c11-6-10(3-4-10)14-9-2-1-7(13)5-8(9)12/h1-2,5H,3-4,6H2. The maximum atomic E-state index is 5.90. The van der Waals surface area contributed by atoms with Crippen LogP contribution in [-0.4, -0.2) is 10.9 Å². The van der Waals surface area contributed by atoms with Crippen molar-refractivity contribution in [3.63, 3.8) is 0 Å². The van der Waals surface area contributed by atoms with Gasteiger partial charge in [0, 0.05) is 10.4 Å². The predicted molar refractivity (Wildman–Crippen MR) is 65.5 cm³/mol. The highest BCUT2D eigenvalue weighted by Gasteiger charge is 2.44. The van der Waals surface area contributed by atoms with E-state index in [1.54, 1.807) is 0 Å². The zero-order chi connectivity index (χ0) is 10.2. The fraction of sp³-hybridized carbons (Fsp3) is 0.400. The smallest absolute Gasteiger partial charge is 0.134 e. The lowest BCUT2D eigenvalue weighted by atomic mass is 10.3. The van der Waals surface area contributed by atoms with E-state index >= 15 is 0 Å². The van der Waals surface area contributed by atoms with Crippen molar-refractivity contribution in [1.29, 1.82) is 0 Å². The van der Waals surface area contributed by atoms with E-state index in [0.29, 0.717) is 5.02 Å². The van der Waals surface area contributed by atoms with Crippen LogP contribution in [0, 0.1) is 0 Å². The molecule has 1 nitrogen and oxygen atoms in total. The maximum absolute atomic E-state index is 5.90. The van der Waals surface area contributed by atoms with Gasteiger partial charge in [-0.25, -0.2) is 0 Å². The molecule has 2 rings (SSSR count). The van der Waals surface area contributed by atoms with Crippen LogP contribution in [-0.2, 0) is 0 Å². The fourth-order valence-corrected chi connectivity index (χ4v) is 2.63. The molecular weight excluding hydrogens is 331 g/mol. The van der Waals surface area contributed by atoms with E-state index < -0.39 is 0 Å². The normalized spacial score (nSPS) is 17.9. The van der Waals surface area contributed by atoms with E-state index in [0.717, 1.165) is 28.4 Å². The molecule has 0 saturated heterocycles. The Morgan fingerprint density at radius 2 is 2.14 bits per heavy atom. The first kappa shape index (κ1) is 10.8. The molecular formula is C10H9Br2ClO. The minimum absolute atomic E-state index is 0.0242. The summed E-state index contributed by atoms with van der Waals surface area (Å²) in [5.74, 6) is 0.867. The minimum atomic E-state index is 0.0242. The monoisotopic (exact) mass is 338 g/mol. The molecule has 1 aromatic rings. The fourth-order valence-electron chi connectivity index (χ4n) is 1.19. The maximum Gasteiger partial charge on any atom is 0.134 e. The lowest BCUT2D eigenvalue weighted by molar-refractivity contribution is 0.205. The van der Waals surface area contributed by atoms with Crippen molar-refractivity contribution < 1.29 is 4.74 Å². The Morgan fingerprint density at radius 3 is 2.64 bits per heavy atom. The van der Waals surface area contributed by atoms with Gasteiger partial charge in [-0.05, 0) is 47.0 Å². The molecule has 14 heavy (non-hydrogen) atoms. The topological polar surface area (TPSA) is 9.23 Å². The van der Waals surface area contributed by atoms with Crippen molar-refractivity contribution in [2.45, 2.75) is 18.4 Å². The summed E-state index contributed by atoms with van der Waals surface area (Å²) < 4.78 is 6.81. The molecule has 4 heteroatoms. The van der Waals surface area contributed by atoms with Crippen molar-refractivity contribution in [3.05, 3.63) is 27.7 Å². The van der Waals surface area contributed by atoms with Gasteiger partial charge in [-0.15, -0.1) is 0 Å². The van der Waals surface area contributed by atoms with Gasteiger partial charge in [0.05, 0.1) is 4.47 Å². The van der Waals surface area contributed by atoms with Gasteiger partial charge in [-0.3, -0.25) is 0 Å². The van der Waals surface area contributed by atoms with Crippen molar-refractivity contribution >= 4 is 43.5 Å². The molecule has 76 valence electrons. The van der Waals surface area contributed by atoms with Gasteiger partial charge in [0.2, 0.25) is 0 Å². The molecule has 0 heterocycles. The molecule has 1 saturated carbocycles. The second kappa shape index (κ2) is 4.03. The van der Waals surface area contributed by atoms with Gasteiger partial charge in [-0.1, -0.05) is 27.5 Å². The molecule has 0 aromatic heterocycles. The quantitative estimate of drug-likeness (QED) is 0.741. The second-order valence-corrected chi connectivity index (χ2v) is 5.34. The summed E-state index contributed by atoms with van der Waals surface area (Å²) in [6.07, 6.45) is 2.24. The van der Waals surface area contributed by atoms with Crippen LogP contribution in [0.1, 0.15) is 12.8 Å². The summed E-state index contributed by atoms with van der Waals surface area (Å²) in [7, 11) is 0. The third-order valence-corrected chi connectivity index (χ3v) is 4.15. The Balaban J connectivity index is 2.17. The van der Waals surface area contributed by atoms with E-state index in [1.165, 1.54) is 0 Å². The average Bonchev–Trinajstić information content (AvgIpc) is 2.91. The number of hydrogen-bond donors (Lipinski definition) is 0. The predicted octanol–water partition coefficient (Wildman–Crippen LogP) is 4.41. The van der Waals surface area contributed by atoms with Crippen LogP contribution in [0.15, 0.2) is 22.7 Å². The van der Waals surface area contributed by atoms with Gasteiger partial charge in [-0.2, -0.15) is 0 Å². The van der Waals surface area contributed by atoms with Crippen LogP contribution in [0.2, 0.25) is 5.02 Å². The molecule has 0 amide bonds. The van der Waals surface area contributed by atoms with Gasteiger partial charge in [0.1, 0.15) is 11.4 Å². The number of hydrogen-bond acceptors (Lipinski definition) is 1. The van der Waals surface area contributed by atoms with Gasteiger partial charge < -0.3 is 4.74 Å². The van der Waals surface area contributed by atoms with Gasteiger partial charge >= 0.3 is 0 Å². The first-order chi connectivity index (χ1) is 6.65. The molecule has 1 aromatic carbocycles. The van der Waals surface area contributed by atoms with Crippen LogP contribution >= 0.6 is 43.5 Å². The van der Waals surface area contributed by atoms with Crippen LogP contribution in [0.4, 0.5) is 0 Å². The number of halogens is 3. The van der Waals surface area contributed by atoms with Crippen LogP contribution in [0.25, 0.3) is 0 Å². The van der Waals surface area contributed by atoms with Crippen LogP contribution < -0.4 is 4.74 Å². The average molecular weight is 340 g/mol. The summed E-state index contributed by atoms with van der Waals surface area (Å²) in [5, 5.41) is 1.60. The number of alkyl halides is 1. The Morgan fingerprint density at radius 1 is 1.43 bits per heavy atom.